The van der Waals surface area contributed by atoms with E-state index in [1.807, 2.05) is 19.9 Å². The number of carbonyl (C=O) groups is 2. The molecule has 1 aromatic rings. The zero-order valence-corrected chi connectivity index (χ0v) is 16.7. The van der Waals surface area contributed by atoms with Gasteiger partial charge in [-0.2, -0.15) is 0 Å². The molecule has 29 heavy (non-hydrogen) atoms. The van der Waals surface area contributed by atoms with Crippen molar-refractivity contribution < 1.29 is 33.6 Å². The van der Waals surface area contributed by atoms with E-state index in [0.29, 0.717) is 24.5 Å². The number of piperidine rings is 1. The first kappa shape index (κ1) is 19.9. The van der Waals surface area contributed by atoms with Crippen molar-refractivity contribution in [3.8, 4) is 11.5 Å². The number of rotatable bonds is 4. The second kappa shape index (κ2) is 7.12. The third kappa shape index (κ3) is 3.52. The fourth-order valence-corrected chi connectivity index (χ4v) is 4.64. The lowest BCUT2D eigenvalue weighted by Gasteiger charge is -2.57. The number of aliphatic carboxylic acids is 1. The number of fused-ring (bicyclic) bond motifs is 1. The van der Waals surface area contributed by atoms with Gasteiger partial charge in [-0.15, -0.1) is 0 Å². The number of hydrogen-bond donors (Lipinski definition) is 2. The van der Waals surface area contributed by atoms with Crippen LogP contribution in [0.2, 0.25) is 0 Å². The Kier molecular flexibility index (Phi) is 4.88. The van der Waals surface area contributed by atoms with Crippen LogP contribution in [0.5, 0.6) is 11.5 Å². The maximum atomic E-state index is 12.1. The van der Waals surface area contributed by atoms with Crippen LogP contribution in [0.1, 0.15) is 31.4 Å². The number of carbonyl (C=O) groups excluding carboxylic acids is 1. The van der Waals surface area contributed by atoms with Gasteiger partial charge in [-0.3, -0.25) is 0 Å². The number of ether oxygens (including phenoxy) is 4. The molecule has 1 aromatic carbocycles. The Balaban J connectivity index is 1.78. The van der Waals surface area contributed by atoms with E-state index in [1.165, 1.54) is 0 Å². The second-order valence-electron chi connectivity index (χ2n) is 8.14. The Bertz CT molecular complexity index is 878. The van der Waals surface area contributed by atoms with E-state index in [1.54, 1.807) is 13.2 Å². The molecule has 156 valence electrons. The molecule has 8 heteroatoms. The van der Waals surface area contributed by atoms with E-state index in [4.69, 9.17) is 24.1 Å². The Labute approximate surface area is 168 Å². The lowest BCUT2D eigenvalue weighted by Crippen LogP contribution is -2.69. The molecular formula is C21H25NO7. The van der Waals surface area contributed by atoms with Crippen molar-refractivity contribution in [2.75, 3.05) is 20.3 Å². The highest BCUT2D eigenvalue weighted by Gasteiger charge is 2.57. The summed E-state index contributed by atoms with van der Waals surface area (Å²) in [5.74, 6) is -1.70. The molecule has 0 aromatic heterocycles. The molecule has 3 atom stereocenters. The van der Waals surface area contributed by atoms with Gasteiger partial charge in [0, 0.05) is 35.2 Å². The van der Waals surface area contributed by atoms with Gasteiger partial charge in [-0.05, 0) is 44.9 Å². The van der Waals surface area contributed by atoms with Crippen LogP contribution in [0.4, 0.5) is 0 Å². The fraction of sp³-hybridized carbons (Fsp3) is 0.524. The maximum Gasteiger partial charge on any atom is 0.336 e. The number of benzene rings is 1. The molecule has 3 aliphatic rings. The lowest BCUT2D eigenvalue weighted by molar-refractivity contribution is -0.313. The molecule has 4 rings (SSSR count). The third-order valence-electron chi connectivity index (χ3n) is 5.93. The van der Waals surface area contributed by atoms with E-state index in [-0.39, 0.29) is 17.6 Å². The molecule has 2 N–H and O–H groups in total. The van der Waals surface area contributed by atoms with Gasteiger partial charge < -0.3 is 29.4 Å². The van der Waals surface area contributed by atoms with Gasteiger partial charge in [0.15, 0.2) is 5.79 Å². The summed E-state index contributed by atoms with van der Waals surface area (Å²) in [6.07, 6.45) is 3.01. The number of nitrogens with one attached hydrogen (secondary N) is 1. The first-order valence-electron chi connectivity index (χ1n) is 9.63. The fourth-order valence-electron chi connectivity index (χ4n) is 4.64. The predicted octanol–water partition coefficient (Wildman–Crippen LogP) is 1.55. The van der Waals surface area contributed by atoms with Crippen LogP contribution in [0.25, 0.3) is 0 Å². The summed E-state index contributed by atoms with van der Waals surface area (Å²) in [7, 11) is 1.55. The van der Waals surface area contributed by atoms with Crippen LogP contribution in [0, 0.1) is 0 Å². The summed E-state index contributed by atoms with van der Waals surface area (Å²) in [6.45, 7) is 5.16. The van der Waals surface area contributed by atoms with E-state index < -0.39 is 17.7 Å². The minimum Gasteiger partial charge on any atom is -0.497 e. The summed E-state index contributed by atoms with van der Waals surface area (Å²) in [5.41, 5.74) is 1.52. The van der Waals surface area contributed by atoms with E-state index in [9.17, 15) is 9.59 Å². The second-order valence-corrected chi connectivity index (χ2v) is 8.14. The quantitative estimate of drug-likeness (QED) is 0.443. The number of carboxylic acid groups (broad SMARTS) is 1. The molecule has 0 saturated carbocycles. The molecule has 0 radical (unpaired) electrons. The molecule has 0 amide bonds. The highest BCUT2D eigenvalue weighted by Crippen LogP contribution is 2.51. The molecule has 1 aliphatic carbocycles. The Morgan fingerprint density at radius 1 is 1.31 bits per heavy atom. The third-order valence-corrected chi connectivity index (χ3v) is 5.93. The summed E-state index contributed by atoms with van der Waals surface area (Å²) in [5, 5.41) is 12.3. The Hall–Kier alpha value is -2.42. The van der Waals surface area contributed by atoms with Crippen molar-refractivity contribution >= 4 is 11.9 Å². The van der Waals surface area contributed by atoms with Gasteiger partial charge in [-0.25, -0.2) is 9.59 Å². The van der Waals surface area contributed by atoms with Crippen molar-refractivity contribution in [1.29, 1.82) is 0 Å². The van der Waals surface area contributed by atoms with Crippen molar-refractivity contribution in [1.82, 2.24) is 5.32 Å². The number of methoxy groups -OCH3 is 1. The highest BCUT2D eigenvalue weighted by molar-refractivity contribution is 5.92. The van der Waals surface area contributed by atoms with Crippen LogP contribution >= 0.6 is 0 Å². The lowest BCUT2D eigenvalue weighted by atomic mass is 9.62. The van der Waals surface area contributed by atoms with Crippen molar-refractivity contribution in [2.24, 2.45) is 0 Å². The molecule has 2 aliphatic heterocycles. The Morgan fingerprint density at radius 2 is 2.10 bits per heavy atom. The molecule has 2 saturated heterocycles. The first-order chi connectivity index (χ1) is 13.7. The highest BCUT2D eigenvalue weighted by atomic mass is 16.7. The predicted molar refractivity (Wildman–Crippen MR) is 102 cm³/mol. The Morgan fingerprint density at radius 3 is 2.83 bits per heavy atom. The van der Waals surface area contributed by atoms with Crippen LogP contribution < -0.4 is 14.8 Å². The van der Waals surface area contributed by atoms with E-state index >= 15 is 0 Å². The average molecular weight is 403 g/mol. The summed E-state index contributed by atoms with van der Waals surface area (Å²) in [4.78, 5) is 22.8. The van der Waals surface area contributed by atoms with Gasteiger partial charge in [0.1, 0.15) is 11.5 Å². The number of hydrogen-bond acceptors (Lipinski definition) is 7. The van der Waals surface area contributed by atoms with Crippen LogP contribution in [0.15, 0.2) is 24.3 Å². The van der Waals surface area contributed by atoms with Gasteiger partial charge >= 0.3 is 11.9 Å². The molecule has 2 bridgehead atoms. The minimum absolute atomic E-state index is 0.0554. The van der Waals surface area contributed by atoms with Gasteiger partial charge in [0.05, 0.1) is 19.8 Å². The van der Waals surface area contributed by atoms with Gasteiger partial charge in [0.25, 0.3) is 0 Å². The van der Waals surface area contributed by atoms with E-state index in [2.05, 4.69) is 5.32 Å². The van der Waals surface area contributed by atoms with Crippen molar-refractivity contribution in [3.05, 3.63) is 35.4 Å². The minimum atomic E-state index is -1.21. The van der Waals surface area contributed by atoms with Gasteiger partial charge in [-0.1, -0.05) is 0 Å². The first-order valence-corrected chi connectivity index (χ1v) is 9.63. The molecule has 8 nitrogen and oxygen atoms in total. The molecule has 0 unspecified atom stereocenters. The van der Waals surface area contributed by atoms with Crippen LogP contribution in [-0.4, -0.2) is 55.2 Å². The smallest absolute Gasteiger partial charge is 0.336 e. The largest absolute Gasteiger partial charge is 0.497 e. The zero-order chi connectivity index (χ0) is 20.8. The summed E-state index contributed by atoms with van der Waals surface area (Å²) in [6, 6.07) is 3.69. The molecular weight excluding hydrogens is 378 g/mol. The molecule has 2 fully saturated rings. The standard InChI is InChI=1S/C21H25NO7/c1-20(2)27-11-21-6-7-22-15(19(21)29-20)10-13-14(21)8-12(26-3)9-16(13)28-18(25)5-4-17(23)24/h4-5,8-9,15,19,22H,6-7,10-11H2,1-3H3,(H,23,24)/b5-4+/t15-,19+,21-/m1/s1. The monoisotopic (exact) mass is 403 g/mol. The topological polar surface area (TPSA) is 103 Å². The number of esters is 1. The van der Waals surface area contributed by atoms with Crippen LogP contribution in [0.3, 0.4) is 0 Å². The maximum absolute atomic E-state index is 12.1. The molecule has 0 spiro atoms. The SMILES string of the molecule is COc1cc(OC(=O)/C=C/C(=O)O)c2c(c1)[C@]13CCN[C@H](C2)[C@@H]1OC(C)(C)OC3. The summed E-state index contributed by atoms with van der Waals surface area (Å²) < 4.78 is 23.4. The van der Waals surface area contributed by atoms with Crippen molar-refractivity contribution in [3.63, 3.8) is 0 Å². The van der Waals surface area contributed by atoms with Crippen LogP contribution in [-0.2, 0) is 30.9 Å². The molecule has 2 heterocycles. The zero-order valence-electron chi connectivity index (χ0n) is 16.7. The normalized spacial score (nSPS) is 29.6. The van der Waals surface area contributed by atoms with E-state index in [0.717, 1.165) is 36.2 Å². The van der Waals surface area contributed by atoms with Crippen molar-refractivity contribution in [2.45, 2.75) is 50.0 Å². The van der Waals surface area contributed by atoms with Gasteiger partial charge in [0.2, 0.25) is 0 Å². The number of carboxylic acids is 1. The summed E-state index contributed by atoms with van der Waals surface area (Å²) >= 11 is 0. The average Bonchev–Trinajstić information content (AvgIpc) is 2.66.